The van der Waals surface area contributed by atoms with Gasteiger partial charge in [0, 0.05) is 13.0 Å². The number of aliphatic hydroxyl groups is 1. The van der Waals surface area contributed by atoms with Crippen LogP contribution in [-0.2, 0) is 29.2 Å². The summed E-state index contributed by atoms with van der Waals surface area (Å²) in [5.41, 5.74) is 2.55. The molecule has 1 fully saturated rings. The van der Waals surface area contributed by atoms with Gasteiger partial charge in [-0.3, -0.25) is 9.59 Å². The highest BCUT2D eigenvalue weighted by atomic mass is 127. The molecule has 0 bridgehead atoms. The van der Waals surface area contributed by atoms with Crippen molar-refractivity contribution < 1.29 is 19.4 Å². The number of hydrogen-bond acceptors (Lipinski definition) is 4. The molecular formula is C20H21IN2O4. The van der Waals surface area contributed by atoms with Crippen molar-refractivity contribution in [3.63, 3.8) is 0 Å². The number of carbonyl (C=O) groups excluding carboxylic acids is 2. The lowest BCUT2D eigenvalue weighted by Gasteiger charge is -2.33. The van der Waals surface area contributed by atoms with Crippen molar-refractivity contribution in [2.45, 2.75) is 25.6 Å². The summed E-state index contributed by atoms with van der Waals surface area (Å²) in [6.45, 7) is 0.341. The molecule has 1 atom stereocenters. The molecule has 27 heavy (non-hydrogen) atoms. The van der Waals surface area contributed by atoms with Gasteiger partial charge in [-0.15, -0.1) is 0 Å². The van der Waals surface area contributed by atoms with E-state index in [0.29, 0.717) is 24.3 Å². The van der Waals surface area contributed by atoms with E-state index in [-0.39, 0.29) is 25.0 Å². The number of rotatable bonds is 6. The number of carbonyl (C=O) groups is 2. The van der Waals surface area contributed by atoms with Crippen molar-refractivity contribution in [2.24, 2.45) is 0 Å². The number of halogens is 1. The molecule has 2 N–H and O–H groups in total. The van der Waals surface area contributed by atoms with Crippen LogP contribution in [0.2, 0.25) is 0 Å². The number of hydrogen-bond donors (Lipinski definition) is 2. The number of amides is 2. The molecule has 1 heterocycles. The highest BCUT2D eigenvalue weighted by Crippen LogP contribution is 2.28. The summed E-state index contributed by atoms with van der Waals surface area (Å²) in [6.07, 6.45) is 0.346. The van der Waals surface area contributed by atoms with Crippen LogP contribution in [-0.4, -0.2) is 41.5 Å². The minimum atomic E-state index is -0.637. The largest absolute Gasteiger partial charge is 0.496 e. The third-order valence-electron chi connectivity index (χ3n) is 4.50. The number of piperazine rings is 1. The van der Waals surface area contributed by atoms with E-state index in [1.54, 1.807) is 18.1 Å². The van der Waals surface area contributed by atoms with Crippen LogP contribution < -0.4 is 10.1 Å². The van der Waals surface area contributed by atoms with E-state index in [1.807, 2.05) is 36.4 Å². The van der Waals surface area contributed by atoms with Crippen molar-refractivity contribution >= 4 is 34.4 Å². The van der Waals surface area contributed by atoms with Gasteiger partial charge in [-0.2, -0.15) is 0 Å². The Balaban J connectivity index is 1.82. The molecule has 1 aliphatic heterocycles. The highest BCUT2D eigenvalue weighted by molar-refractivity contribution is 14.1. The maximum Gasteiger partial charge on any atom is 0.246 e. The van der Waals surface area contributed by atoms with Gasteiger partial charge in [-0.1, -0.05) is 36.4 Å². The summed E-state index contributed by atoms with van der Waals surface area (Å²) >= 11 is 2.16. The number of nitrogens with zero attached hydrogens (tertiary/aromatic N) is 1. The third kappa shape index (κ3) is 4.59. The molecule has 1 saturated heterocycles. The van der Waals surface area contributed by atoms with E-state index in [9.17, 15) is 14.7 Å². The van der Waals surface area contributed by atoms with Crippen LogP contribution in [0, 0.1) is 3.57 Å². The van der Waals surface area contributed by atoms with Gasteiger partial charge in [-0.05, 0) is 45.3 Å². The second kappa shape index (κ2) is 8.71. The zero-order valence-electron chi connectivity index (χ0n) is 14.9. The third-order valence-corrected chi connectivity index (χ3v) is 5.72. The van der Waals surface area contributed by atoms with Crippen molar-refractivity contribution in [1.29, 1.82) is 0 Å². The van der Waals surface area contributed by atoms with Crippen molar-refractivity contribution in [3.05, 3.63) is 62.7 Å². The van der Waals surface area contributed by atoms with Gasteiger partial charge in [0.25, 0.3) is 0 Å². The summed E-state index contributed by atoms with van der Waals surface area (Å²) in [5, 5.41) is 12.3. The molecule has 0 saturated carbocycles. The Morgan fingerprint density at radius 3 is 2.63 bits per heavy atom. The fraction of sp³-hybridized carbons (Fsp3) is 0.300. The SMILES string of the molecule is COc1cc(CO)cc(CC2NC(=O)CN(Cc3ccccc3)C2=O)c1I. The summed E-state index contributed by atoms with van der Waals surface area (Å²) in [4.78, 5) is 26.7. The monoisotopic (exact) mass is 480 g/mol. The lowest BCUT2D eigenvalue weighted by atomic mass is 10.00. The van der Waals surface area contributed by atoms with Gasteiger partial charge in [0.05, 0.1) is 23.8 Å². The smallest absolute Gasteiger partial charge is 0.246 e. The minimum absolute atomic E-state index is 0.0569. The second-order valence-corrected chi connectivity index (χ2v) is 7.51. The molecule has 0 aliphatic carbocycles. The summed E-state index contributed by atoms with van der Waals surface area (Å²) < 4.78 is 6.23. The second-order valence-electron chi connectivity index (χ2n) is 6.43. The van der Waals surface area contributed by atoms with Gasteiger partial charge in [0.15, 0.2) is 0 Å². The Kier molecular flexibility index (Phi) is 6.33. The number of benzene rings is 2. The molecule has 1 unspecified atom stereocenters. The zero-order chi connectivity index (χ0) is 19.4. The number of methoxy groups -OCH3 is 1. The van der Waals surface area contributed by atoms with Gasteiger partial charge >= 0.3 is 0 Å². The van der Waals surface area contributed by atoms with E-state index >= 15 is 0 Å². The van der Waals surface area contributed by atoms with Gasteiger partial charge in [0.1, 0.15) is 11.8 Å². The van der Waals surface area contributed by atoms with Crippen LogP contribution in [0.3, 0.4) is 0 Å². The summed E-state index contributed by atoms with van der Waals surface area (Å²) in [5.74, 6) is 0.367. The molecule has 2 aromatic rings. The van der Waals surface area contributed by atoms with Crippen molar-refractivity contribution in [1.82, 2.24) is 10.2 Å². The van der Waals surface area contributed by atoms with Gasteiger partial charge < -0.3 is 20.1 Å². The van der Waals surface area contributed by atoms with Gasteiger partial charge in [-0.25, -0.2) is 0 Å². The van der Waals surface area contributed by atoms with Crippen LogP contribution in [0.5, 0.6) is 5.75 Å². The Morgan fingerprint density at radius 2 is 1.96 bits per heavy atom. The molecule has 2 aromatic carbocycles. The summed E-state index contributed by atoms with van der Waals surface area (Å²) in [7, 11) is 1.57. The van der Waals surface area contributed by atoms with Crippen molar-refractivity contribution in [2.75, 3.05) is 13.7 Å². The van der Waals surface area contributed by atoms with Crippen molar-refractivity contribution in [3.8, 4) is 5.75 Å². The van der Waals surface area contributed by atoms with E-state index in [0.717, 1.165) is 14.7 Å². The average molecular weight is 480 g/mol. The van der Waals surface area contributed by atoms with Crippen LogP contribution in [0.25, 0.3) is 0 Å². The van der Waals surface area contributed by atoms with Gasteiger partial charge in [0.2, 0.25) is 11.8 Å². The minimum Gasteiger partial charge on any atom is -0.496 e. The molecule has 0 radical (unpaired) electrons. The fourth-order valence-corrected chi connectivity index (χ4v) is 3.93. The molecule has 0 aromatic heterocycles. The lowest BCUT2D eigenvalue weighted by Crippen LogP contribution is -2.58. The van der Waals surface area contributed by atoms with Crippen LogP contribution in [0.4, 0.5) is 0 Å². The Labute approximate surface area is 171 Å². The fourth-order valence-electron chi connectivity index (χ4n) is 3.18. The number of ether oxygens (including phenoxy) is 1. The Hall–Kier alpha value is -2.13. The zero-order valence-corrected chi connectivity index (χ0v) is 17.1. The predicted molar refractivity (Wildman–Crippen MR) is 109 cm³/mol. The topological polar surface area (TPSA) is 78.9 Å². The lowest BCUT2D eigenvalue weighted by molar-refractivity contribution is -0.144. The van der Waals surface area contributed by atoms with E-state index in [1.165, 1.54) is 0 Å². The first-order chi connectivity index (χ1) is 13.0. The van der Waals surface area contributed by atoms with Crippen LogP contribution in [0.1, 0.15) is 16.7 Å². The molecule has 1 aliphatic rings. The molecule has 2 amide bonds. The quantitative estimate of drug-likeness (QED) is 0.619. The molecule has 142 valence electrons. The normalized spacial score (nSPS) is 17.0. The maximum absolute atomic E-state index is 12.9. The van der Waals surface area contributed by atoms with Crippen LogP contribution in [0.15, 0.2) is 42.5 Å². The Morgan fingerprint density at radius 1 is 1.22 bits per heavy atom. The molecule has 6 nitrogen and oxygen atoms in total. The van der Waals surface area contributed by atoms with Crippen LogP contribution >= 0.6 is 22.6 Å². The molecule has 0 spiro atoms. The van der Waals surface area contributed by atoms with E-state index < -0.39 is 6.04 Å². The molecule has 7 heteroatoms. The number of nitrogens with one attached hydrogen (secondary N) is 1. The maximum atomic E-state index is 12.9. The number of aliphatic hydroxyl groups excluding tert-OH is 1. The highest BCUT2D eigenvalue weighted by Gasteiger charge is 2.33. The molecular weight excluding hydrogens is 459 g/mol. The molecule has 3 rings (SSSR count). The first-order valence-electron chi connectivity index (χ1n) is 8.60. The Bertz CT molecular complexity index is 841. The van der Waals surface area contributed by atoms with E-state index in [4.69, 9.17) is 4.74 Å². The standard InChI is InChI=1S/C20H21IN2O4/c1-27-17-8-14(12-24)7-15(19(17)21)9-16-20(26)23(11-18(25)22-16)10-13-5-3-2-4-6-13/h2-8,16,24H,9-12H2,1H3,(H,22,25). The summed E-state index contributed by atoms with van der Waals surface area (Å²) in [6, 6.07) is 12.6. The van der Waals surface area contributed by atoms with E-state index in [2.05, 4.69) is 27.9 Å². The predicted octanol–water partition coefficient (Wildman–Crippen LogP) is 1.86. The first-order valence-corrected chi connectivity index (χ1v) is 9.68. The first kappa shape index (κ1) is 19.6. The average Bonchev–Trinajstić information content (AvgIpc) is 2.67.